The molecule has 2 aromatic rings. The van der Waals surface area contributed by atoms with Crippen molar-refractivity contribution in [3.05, 3.63) is 60.2 Å². The first-order valence-electron chi connectivity index (χ1n) is 9.00. The van der Waals surface area contributed by atoms with Crippen LogP contribution in [-0.4, -0.2) is 42.6 Å². The first-order valence-corrected chi connectivity index (χ1v) is 9.00. The molecule has 25 heavy (non-hydrogen) atoms. The molecule has 2 aromatic carbocycles. The first kappa shape index (κ1) is 16.3. The summed E-state index contributed by atoms with van der Waals surface area (Å²) in [4.78, 5) is 13.8. The Balaban J connectivity index is 1.43. The average molecular weight is 336 g/mol. The van der Waals surface area contributed by atoms with Crippen LogP contribution in [-0.2, 0) is 16.1 Å². The van der Waals surface area contributed by atoms with Gasteiger partial charge in [-0.15, -0.1) is 0 Å². The van der Waals surface area contributed by atoms with Gasteiger partial charge in [-0.05, 0) is 29.5 Å². The fourth-order valence-corrected chi connectivity index (χ4v) is 3.82. The summed E-state index contributed by atoms with van der Waals surface area (Å²) in [7, 11) is 0. The van der Waals surface area contributed by atoms with Gasteiger partial charge in [0.15, 0.2) is 0 Å². The van der Waals surface area contributed by atoms with Gasteiger partial charge in [-0.1, -0.05) is 54.6 Å². The number of benzene rings is 2. The number of ether oxygens (including phenoxy) is 1. The third-order valence-electron chi connectivity index (χ3n) is 5.38. The van der Waals surface area contributed by atoms with E-state index in [0.29, 0.717) is 6.54 Å². The molecule has 4 rings (SSSR count). The zero-order chi connectivity index (χ0) is 17.1. The van der Waals surface area contributed by atoms with Crippen LogP contribution in [0.3, 0.4) is 0 Å². The molecule has 0 bridgehead atoms. The van der Waals surface area contributed by atoms with Gasteiger partial charge in [0.2, 0.25) is 5.91 Å². The largest absolute Gasteiger partial charge is 0.363 e. The summed E-state index contributed by atoms with van der Waals surface area (Å²) in [5, 5.41) is 2.96. The number of carbonyl (C=O) groups is 1. The van der Waals surface area contributed by atoms with Crippen molar-refractivity contribution >= 4 is 5.91 Å². The van der Waals surface area contributed by atoms with Crippen molar-refractivity contribution in [1.82, 2.24) is 10.2 Å². The fraction of sp³-hybridized carbons (Fsp3) is 0.381. The van der Waals surface area contributed by atoms with Gasteiger partial charge >= 0.3 is 0 Å². The Bertz CT molecular complexity index is 725. The zero-order valence-electron chi connectivity index (χ0n) is 14.4. The maximum Gasteiger partial charge on any atom is 0.246 e. The molecular formula is C21H24N2O2. The van der Waals surface area contributed by atoms with Crippen molar-refractivity contribution in [2.75, 3.05) is 26.2 Å². The van der Waals surface area contributed by atoms with Gasteiger partial charge in [0.25, 0.3) is 0 Å². The van der Waals surface area contributed by atoms with Gasteiger partial charge in [-0.25, -0.2) is 0 Å². The molecule has 4 heteroatoms. The quantitative estimate of drug-likeness (QED) is 0.937. The summed E-state index contributed by atoms with van der Waals surface area (Å²) >= 11 is 0. The van der Waals surface area contributed by atoms with E-state index in [2.05, 4.69) is 64.8 Å². The molecule has 0 aliphatic carbocycles. The minimum atomic E-state index is -0.149. The molecule has 130 valence electrons. The molecule has 2 saturated heterocycles. The molecule has 2 aliphatic heterocycles. The first-order chi connectivity index (χ1) is 12.2. The molecule has 0 aromatic heterocycles. The maximum absolute atomic E-state index is 11.3. The van der Waals surface area contributed by atoms with Crippen LogP contribution in [0.25, 0.3) is 11.1 Å². The molecule has 0 atom stereocenters. The molecule has 1 N–H and O–H groups in total. The number of piperidine rings is 1. The van der Waals surface area contributed by atoms with Gasteiger partial charge in [0, 0.05) is 26.2 Å². The number of morpholine rings is 1. The van der Waals surface area contributed by atoms with Crippen LogP contribution in [0.15, 0.2) is 54.6 Å². The van der Waals surface area contributed by atoms with Crippen molar-refractivity contribution < 1.29 is 9.53 Å². The van der Waals surface area contributed by atoms with Gasteiger partial charge in [-0.3, -0.25) is 9.69 Å². The van der Waals surface area contributed by atoms with E-state index >= 15 is 0 Å². The van der Waals surface area contributed by atoms with Crippen LogP contribution < -0.4 is 5.32 Å². The van der Waals surface area contributed by atoms with Crippen LogP contribution in [0.5, 0.6) is 0 Å². The van der Waals surface area contributed by atoms with Gasteiger partial charge in [0.1, 0.15) is 6.61 Å². The SMILES string of the molecule is O=C1COC2(CCN(Cc3ccccc3-c3ccccc3)CC2)CN1. The lowest BCUT2D eigenvalue weighted by molar-refractivity contribution is -0.150. The lowest BCUT2D eigenvalue weighted by atomic mass is 9.89. The van der Waals surface area contributed by atoms with Crippen LogP contribution in [0.2, 0.25) is 0 Å². The molecule has 1 spiro atoms. The summed E-state index contributed by atoms with van der Waals surface area (Å²) in [6.45, 7) is 3.81. The number of amides is 1. The molecule has 2 aliphatic rings. The number of rotatable bonds is 3. The summed E-state index contributed by atoms with van der Waals surface area (Å²) in [5.41, 5.74) is 3.79. The summed E-state index contributed by atoms with van der Waals surface area (Å²) in [6.07, 6.45) is 1.95. The van der Waals surface area contributed by atoms with E-state index in [1.165, 1.54) is 16.7 Å². The third-order valence-corrected chi connectivity index (χ3v) is 5.38. The van der Waals surface area contributed by atoms with E-state index < -0.39 is 0 Å². The number of hydrogen-bond donors (Lipinski definition) is 1. The second-order valence-electron chi connectivity index (χ2n) is 7.05. The third kappa shape index (κ3) is 3.60. The Morgan fingerprint density at radius 1 is 1.00 bits per heavy atom. The minimum absolute atomic E-state index is 0.00448. The normalized spacial score (nSPS) is 20.4. The topological polar surface area (TPSA) is 41.6 Å². The number of nitrogens with zero attached hydrogens (tertiary/aromatic N) is 1. The summed E-state index contributed by atoms with van der Waals surface area (Å²) in [5.74, 6) is 0.00448. The Morgan fingerprint density at radius 3 is 2.44 bits per heavy atom. The summed E-state index contributed by atoms with van der Waals surface area (Å²) < 4.78 is 5.87. The fourth-order valence-electron chi connectivity index (χ4n) is 3.82. The van der Waals surface area contributed by atoms with E-state index in [1.54, 1.807) is 0 Å². The highest BCUT2D eigenvalue weighted by atomic mass is 16.5. The van der Waals surface area contributed by atoms with Crippen LogP contribution in [0.4, 0.5) is 0 Å². The smallest absolute Gasteiger partial charge is 0.246 e. The minimum Gasteiger partial charge on any atom is -0.363 e. The highest BCUT2D eigenvalue weighted by Gasteiger charge is 2.38. The van der Waals surface area contributed by atoms with E-state index in [4.69, 9.17) is 4.74 Å². The van der Waals surface area contributed by atoms with Crippen molar-refractivity contribution in [3.8, 4) is 11.1 Å². The number of nitrogens with one attached hydrogen (secondary N) is 1. The maximum atomic E-state index is 11.3. The van der Waals surface area contributed by atoms with Gasteiger partial charge < -0.3 is 10.1 Å². The highest BCUT2D eigenvalue weighted by Crippen LogP contribution is 2.30. The molecular weight excluding hydrogens is 312 g/mol. The standard InChI is InChI=1S/C21H24N2O2/c24-20-15-25-21(16-22-20)10-12-23(13-11-21)14-18-8-4-5-9-19(18)17-6-2-1-3-7-17/h1-9H,10-16H2,(H,22,24). The van der Waals surface area contributed by atoms with Crippen molar-refractivity contribution in [2.24, 2.45) is 0 Å². The predicted molar refractivity (Wildman–Crippen MR) is 98.1 cm³/mol. The van der Waals surface area contributed by atoms with E-state index in [0.717, 1.165) is 32.5 Å². The van der Waals surface area contributed by atoms with E-state index in [1.807, 2.05) is 0 Å². The Morgan fingerprint density at radius 2 is 1.72 bits per heavy atom. The number of likely N-dealkylation sites (tertiary alicyclic amines) is 1. The predicted octanol–water partition coefficient (Wildman–Crippen LogP) is 2.83. The Hall–Kier alpha value is -2.17. The monoisotopic (exact) mass is 336 g/mol. The lowest BCUT2D eigenvalue weighted by Gasteiger charge is -2.43. The molecule has 4 nitrogen and oxygen atoms in total. The zero-order valence-corrected chi connectivity index (χ0v) is 14.4. The molecule has 0 unspecified atom stereocenters. The Labute approximate surface area is 148 Å². The Kier molecular flexibility index (Phi) is 4.55. The molecule has 1 amide bonds. The second kappa shape index (κ2) is 6.98. The van der Waals surface area contributed by atoms with Crippen LogP contribution in [0, 0.1) is 0 Å². The number of hydrogen-bond acceptors (Lipinski definition) is 3. The molecule has 2 fully saturated rings. The van der Waals surface area contributed by atoms with Crippen molar-refractivity contribution in [3.63, 3.8) is 0 Å². The summed E-state index contributed by atoms with van der Waals surface area (Å²) in [6, 6.07) is 19.2. The van der Waals surface area contributed by atoms with E-state index in [-0.39, 0.29) is 18.1 Å². The second-order valence-corrected chi connectivity index (χ2v) is 7.05. The lowest BCUT2D eigenvalue weighted by Crippen LogP contribution is -2.57. The van der Waals surface area contributed by atoms with Crippen LogP contribution >= 0.6 is 0 Å². The number of carbonyl (C=O) groups excluding carboxylic acids is 1. The van der Waals surface area contributed by atoms with Crippen molar-refractivity contribution in [1.29, 1.82) is 0 Å². The van der Waals surface area contributed by atoms with E-state index in [9.17, 15) is 4.79 Å². The average Bonchev–Trinajstić information content (AvgIpc) is 2.67. The van der Waals surface area contributed by atoms with Crippen LogP contribution in [0.1, 0.15) is 18.4 Å². The van der Waals surface area contributed by atoms with Gasteiger partial charge in [0.05, 0.1) is 5.60 Å². The van der Waals surface area contributed by atoms with Crippen molar-refractivity contribution in [2.45, 2.75) is 25.0 Å². The molecule has 2 heterocycles. The molecule has 0 radical (unpaired) electrons. The highest BCUT2D eigenvalue weighted by molar-refractivity contribution is 5.78. The van der Waals surface area contributed by atoms with Gasteiger partial charge in [-0.2, -0.15) is 0 Å². The molecule has 0 saturated carbocycles.